The van der Waals surface area contributed by atoms with Crippen LogP contribution in [0.5, 0.6) is 11.5 Å². The third kappa shape index (κ3) is 11.4. The highest BCUT2D eigenvalue weighted by atomic mass is 19.4. The van der Waals surface area contributed by atoms with Gasteiger partial charge >= 0.3 is 12.3 Å². The minimum atomic E-state index is -4.55. The largest absolute Gasteiger partial charge is 0.506 e. The van der Waals surface area contributed by atoms with Crippen LogP contribution < -0.4 is 20.9 Å². The molecule has 3 aliphatic heterocycles. The van der Waals surface area contributed by atoms with Crippen LogP contribution in [0.25, 0.3) is 10.9 Å². The van der Waals surface area contributed by atoms with E-state index in [0.29, 0.717) is 46.7 Å². The number of aromatic nitrogens is 1. The second-order valence-corrected chi connectivity index (χ2v) is 16.9. The number of carbonyl (C=O) groups is 2. The second kappa shape index (κ2) is 20.7. The molecule has 1 aromatic heterocycles. The number of hydrogen-bond acceptors (Lipinski definition) is 9. The SMILES string of the molecule is O=C(NC(c1ccccc1)c1cccc(OCc2ccc(C(=O)N(CCCNCC(O)c3ccc(O)c4[nH]c(=O)ccc34)Cc3cccc(C(F)(F)F)c3)cc2)c1)OC1CN2CCC1CC2. The molecule has 0 saturated carbocycles. The summed E-state index contributed by atoms with van der Waals surface area (Å²) in [6.45, 7) is 3.62. The predicted molar refractivity (Wildman–Crippen MR) is 243 cm³/mol. The van der Waals surface area contributed by atoms with Gasteiger partial charge in [-0.2, -0.15) is 13.2 Å². The van der Waals surface area contributed by atoms with Crippen molar-refractivity contribution < 1.29 is 42.4 Å². The van der Waals surface area contributed by atoms with Crippen LogP contribution in [0.15, 0.2) is 132 Å². The summed E-state index contributed by atoms with van der Waals surface area (Å²) in [7, 11) is 0. The maximum atomic E-state index is 14.0. The highest BCUT2D eigenvalue weighted by Gasteiger charge is 2.37. The number of hydrogen-bond donors (Lipinski definition) is 5. The summed E-state index contributed by atoms with van der Waals surface area (Å²) in [5.74, 6) is 0.455. The number of aromatic hydroxyl groups is 1. The Morgan fingerprint density at radius 2 is 1.62 bits per heavy atom. The number of aromatic amines is 1. The van der Waals surface area contributed by atoms with Crippen LogP contribution in [0.2, 0.25) is 0 Å². The summed E-state index contributed by atoms with van der Waals surface area (Å²) in [4.78, 5) is 45.6. The number of carbonyl (C=O) groups excluding carboxylic acids is 2. The minimum absolute atomic E-state index is 0.0689. The molecule has 66 heavy (non-hydrogen) atoms. The molecule has 3 aliphatic rings. The van der Waals surface area contributed by atoms with E-state index in [1.165, 1.54) is 29.2 Å². The van der Waals surface area contributed by atoms with E-state index in [4.69, 9.17) is 9.47 Å². The summed E-state index contributed by atoms with van der Waals surface area (Å²) in [5.41, 5.74) is 2.65. The lowest BCUT2D eigenvalue weighted by Gasteiger charge is -2.43. The first-order valence-electron chi connectivity index (χ1n) is 22.1. The fourth-order valence-corrected chi connectivity index (χ4v) is 8.83. The number of alkyl carbamates (subject to hydrolysis) is 1. The Labute approximate surface area is 380 Å². The number of benzene rings is 5. The molecule has 5 aromatic carbocycles. The average Bonchev–Trinajstić information content (AvgIpc) is 3.33. The van der Waals surface area contributed by atoms with E-state index < -0.39 is 35.5 Å². The van der Waals surface area contributed by atoms with Gasteiger partial charge in [-0.1, -0.05) is 72.8 Å². The van der Waals surface area contributed by atoms with Crippen LogP contribution in [0, 0.1) is 5.92 Å². The molecule has 9 rings (SSSR count). The van der Waals surface area contributed by atoms with Crippen LogP contribution in [0.1, 0.15) is 75.1 Å². The number of H-pyrrole nitrogens is 1. The molecule has 0 aliphatic carbocycles. The number of fused-ring (bicyclic) bond motifs is 4. The third-order valence-electron chi connectivity index (χ3n) is 12.3. The fourth-order valence-electron chi connectivity index (χ4n) is 8.83. The smallest absolute Gasteiger partial charge is 0.416 e. The maximum absolute atomic E-state index is 14.0. The first-order valence-corrected chi connectivity index (χ1v) is 22.1. The Balaban J connectivity index is 0.900. The van der Waals surface area contributed by atoms with Crippen LogP contribution in [-0.2, 0) is 24.1 Å². The van der Waals surface area contributed by atoms with Gasteiger partial charge in [-0.05, 0) is 121 Å². The number of phenols is 1. The van der Waals surface area contributed by atoms with Gasteiger partial charge in [0.05, 0.1) is 23.2 Å². The summed E-state index contributed by atoms with van der Waals surface area (Å²) < 4.78 is 53.1. The number of halogens is 3. The molecular formula is C51H52F3N5O7. The molecule has 0 spiro atoms. The molecule has 5 N–H and O–H groups in total. The monoisotopic (exact) mass is 903 g/mol. The van der Waals surface area contributed by atoms with Crippen molar-refractivity contribution in [2.24, 2.45) is 5.92 Å². The fraction of sp³-hybridized carbons (Fsp3) is 0.314. The second-order valence-electron chi connectivity index (χ2n) is 16.9. The summed E-state index contributed by atoms with van der Waals surface area (Å²) in [6.07, 6.45) is -3.67. The lowest BCUT2D eigenvalue weighted by atomic mass is 9.86. The lowest BCUT2D eigenvalue weighted by Crippen LogP contribution is -2.52. The number of alkyl halides is 3. The highest BCUT2D eigenvalue weighted by Crippen LogP contribution is 2.33. The normalized spacial score (nSPS) is 17.8. The summed E-state index contributed by atoms with van der Waals surface area (Å²) >= 11 is 0. The van der Waals surface area contributed by atoms with Crippen molar-refractivity contribution in [1.29, 1.82) is 0 Å². The molecule has 0 radical (unpaired) electrons. The number of pyridine rings is 1. The van der Waals surface area contributed by atoms with Gasteiger partial charge in [0.2, 0.25) is 5.56 Å². The molecular weight excluding hydrogens is 852 g/mol. The maximum Gasteiger partial charge on any atom is 0.416 e. The summed E-state index contributed by atoms with van der Waals surface area (Å²) in [6, 6.07) is 34.2. The van der Waals surface area contributed by atoms with Gasteiger partial charge in [0.15, 0.2) is 0 Å². The summed E-state index contributed by atoms with van der Waals surface area (Å²) in [5, 5.41) is 28.0. The number of phenolic OH excluding ortho intramolecular Hbond substituents is 1. The van der Waals surface area contributed by atoms with E-state index in [1.807, 2.05) is 54.6 Å². The molecule has 6 aromatic rings. The van der Waals surface area contributed by atoms with Crippen molar-refractivity contribution >= 4 is 22.9 Å². The molecule has 2 amide bonds. The third-order valence-corrected chi connectivity index (χ3v) is 12.3. The van der Waals surface area contributed by atoms with Crippen LogP contribution in [-0.4, -0.2) is 82.4 Å². The zero-order valence-electron chi connectivity index (χ0n) is 36.2. The first kappa shape index (κ1) is 45.9. The Kier molecular flexibility index (Phi) is 14.4. The van der Waals surface area contributed by atoms with E-state index in [-0.39, 0.29) is 49.5 Å². The number of nitrogens with one attached hydrogen (secondary N) is 3. The zero-order chi connectivity index (χ0) is 46.2. The van der Waals surface area contributed by atoms with Crippen molar-refractivity contribution in [3.05, 3.63) is 177 Å². The minimum Gasteiger partial charge on any atom is -0.506 e. The van der Waals surface area contributed by atoms with E-state index in [1.54, 1.807) is 36.4 Å². The average molecular weight is 904 g/mol. The van der Waals surface area contributed by atoms with Gasteiger partial charge < -0.3 is 40.2 Å². The van der Waals surface area contributed by atoms with Crippen molar-refractivity contribution in [2.45, 2.75) is 56.8 Å². The quantitative estimate of drug-likeness (QED) is 0.0571. The molecule has 3 saturated heterocycles. The molecule has 12 nitrogen and oxygen atoms in total. The van der Waals surface area contributed by atoms with Gasteiger partial charge in [0.1, 0.15) is 24.2 Å². The van der Waals surface area contributed by atoms with E-state index >= 15 is 0 Å². The number of aliphatic hydroxyl groups is 1. The van der Waals surface area contributed by atoms with Gasteiger partial charge in [-0.15, -0.1) is 0 Å². The lowest BCUT2D eigenvalue weighted by molar-refractivity contribution is -0.137. The van der Waals surface area contributed by atoms with Gasteiger partial charge in [0.25, 0.3) is 5.91 Å². The Hall–Kier alpha value is -6.68. The number of ether oxygens (including phenoxy) is 2. The molecule has 3 atom stereocenters. The Morgan fingerprint density at radius 1 is 0.864 bits per heavy atom. The zero-order valence-corrected chi connectivity index (χ0v) is 36.2. The van der Waals surface area contributed by atoms with Gasteiger partial charge in [-0.25, -0.2) is 4.79 Å². The van der Waals surface area contributed by atoms with Crippen molar-refractivity contribution in [1.82, 2.24) is 25.4 Å². The number of rotatable bonds is 17. The molecule has 344 valence electrons. The van der Waals surface area contributed by atoms with Gasteiger partial charge in [-0.3, -0.25) is 14.5 Å². The molecule has 4 heterocycles. The first-order chi connectivity index (χ1) is 31.9. The number of piperidine rings is 3. The molecule has 15 heteroatoms. The molecule has 2 bridgehead atoms. The Morgan fingerprint density at radius 3 is 2.36 bits per heavy atom. The van der Waals surface area contributed by atoms with Crippen LogP contribution in [0.4, 0.5) is 18.0 Å². The number of amides is 2. The van der Waals surface area contributed by atoms with E-state index in [9.17, 15) is 37.8 Å². The highest BCUT2D eigenvalue weighted by molar-refractivity contribution is 5.94. The Bertz CT molecular complexity index is 2670. The van der Waals surface area contributed by atoms with Gasteiger partial charge in [0, 0.05) is 43.2 Å². The van der Waals surface area contributed by atoms with Crippen LogP contribution in [0.3, 0.4) is 0 Å². The van der Waals surface area contributed by atoms with Crippen molar-refractivity contribution in [2.75, 3.05) is 39.3 Å². The predicted octanol–water partition coefficient (Wildman–Crippen LogP) is 8.10. The number of aliphatic hydroxyl groups excluding tert-OH is 1. The van der Waals surface area contributed by atoms with Crippen LogP contribution >= 0.6 is 0 Å². The van der Waals surface area contributed by atoms with Crippen molar-refractivity contribution in [3.63, 3.8) is 0 Å². The van der Waals surface area contributed by atoms with Crippen molar-refractivity contribution in [3.8, 4) is 11.5 Å². The number of nitrogens with zero attached hydrogens (tertiary/aromatic N) is 2. The van der Waals surface area contributed by atoms with E-state index in [0.717, 1.165) is 61.3 Å². The topological polar surface area (TPSA) is 156 Å². The van der Waals surface area contributed by atoms with E-state index in [2.05, 4.69) is 20.5 Å². The standard InChI is InChI=1S/C51H52F3N5O7/c52-51(53,54)39-11-4-7-34(27-39)30-59(24-6-23-55-29-44(61)41-17-19-43(60)48-42(41)18-20-46(62)56-48)49(63)37-15-13-33(14-16-37)32-65-40-12-5-10-38(28-40)47(36-8-2-1-3-9-36)57-50(64)66-45-31-58-25-21-35(45)22-26-58/h1-5,7-20,27-28,35,44-45,47,55,60-61H,6,21-26,29-32H2,(H,56,62)(H,57,64). The molecule has 3 fully saturated rings. The molecule has 3 unspecified atom stereocenters.